The number of methoxy groups -OCH3 is 3. The summed E-state index contributed by atoms with van der Waals surface area (Å²) < 4.78 is 16.8. The van der Waals surface area contributed by atoms with Gasteiger partial charge in [-0.1, -0.05) is 35.2 Å². The zero-order valence-electron chi connectivity index (χ0n) is 24.4. The van der Waals surface area contributed by atoms with Gasteiger partial charge in [-0.2, -0.15) is 0 Å². The summed E-state index contributed by atoms with van der Waals surface area (Å²) in [5, 5.41) is 1.91. The molecule has 43 heavy (non-hydrogen) atoms. The van der Waals surface area contributed by atoms with Crippen molar-refractivity contribution in [2.45, 2.75) is 31.1 Å². The minimum Gasteiger partial charge on any atom is -0.493 e. The molecule has 3 aromatic carbocycles. The number of fused-ring (bicyclic) bond motifs is 2. The van der Waals surface area contributed by atoms with Crippen molar-refractivity contribution in [1.82, 2.24) is 14.9 Å². The largest absolute Gasteiger partial charge is 0.493 e. The SMILES string of the molecule is [B]c1ccc2[nH]cc(C3CCN(C(=O)CC(c4cc(OC)c(OC)c(OC)c4)c4c[nH]c5ccc([B])cc45)C(=O)C3)c2c1. The molecule has 2 amide bonds. The molecule has 10 heteroatoms. The molecule has 1 saturated heterocycles. The number of carbonyl (C=O) groups excluding carboxylic acids is 2. The Morgan fingerprint density at radius 1 is 0.907 bits per heavy atom. The molecule has 1 aliphatic heterocycles. The molecule has 6 rings (SSSR count). The van der Waals surface area contributed by atoms with Crippen molar-refractivity contribution in [2.24, 2.45) is 0 Å². The van der Waals surface area contributed by atoms with Gasteiger partial charge in [-0.25, -0.2) is 0 Å². The van der Waals surface area contributed by atoms with E-state index in [0.717, 1.165) is 38.5 Å². The minimum absolute atomic E-state index is 0.00500. The number of aromatic nitrogens is 2. The molecular weight excluding hydrogens is 540 g/mol. The van der Waals surface area contributed by atoms with Gasteiger partial charge in [0, 0.05) is 59.5 Å². The number of hydrogen-bond donors (Lipinski definition) is 2. The Labute approximate surface area is 252 Å². The first-order valence-electron chi connectivity index (χ1n) is 14.2. The molecule has 2 aromatic heterocycles. The summed E-state index contributed by atoms with van der Waals surface area (Å²) in [6, 6.07) is 15.0. The van der Waals surface area contributed by atoms with E-state index in [1.807, 2.05) is 60.9 Å². The van der Waals surface area contributed by atoms with Crippen LogP contribution in [0, 0.1) is 0 Å². The molecular formula is C33H31B2N3O5. The van der Waals surface area contributed by atoms with Gasteiger partial charge >= 0.3 is 0 Å². The molecule has 0 bridgehead atoms. The highest BCUT2D eigenvalue weighted by molar-refractivity contribution is 6.33. The highest BCUT2D eigenvalue weighted by Crippen LogP contribution is 2.44. The van der Waals surface area contributed by atoms with Gasteiger partial charge in [0.2, 0.25) is 17.6 Å². The van der Waals surface area contributed by atoms with Crippen molar-refractivity contribution in [3.8, 4) is 17.2 Å². The lowest BCUT2D eigenvalue weighted by molar-refractivity contribution is -0.147. The highest BCUT2D eigenvalue weighted by atomic mass is 16.5. The number of hydrogen-bond acceptors (Lipinski definition) is 5. The Morgan fingerprint density at radius 2 is 1.53 bits per heavy atom. The van der Waals surface area contributed by atoms with Gasteiger partial charge in [-0.05, 0) is 53.3 Å². The fraction of sp³-hybridized carbons (Fsp3) is 0.273. The van der Waals surface area contributed by atoms with E-state index in [0.29, 0.717) is 41.1 Å². The quantitative estimate of drug-likeness (QED) is 0.277. The number of nitrogens with one attached hydrogen (secondary N) is 2. The Bertz CT molecular complexity index is 1820. The van der Waals surface area contributed by atoms with Crippen LogP contribution in [0.15, 0.2) is 60.9 Å². The van der Waals surface area contributed by atoms with Crippen LogP contribution in [0.5, 0.6) is 17.2 Å². The lowest BCUT2D eigenvalue weighted by Crippen LogP contribution is -2.42. The predicted molar refractivity (Wildman–Crippen MR) is 169 cm³/mol. The number of rotatable bonds is 8. The van der Waals surface area contributed by atoms with Crippen LogP contribution in [0.4, 0.5) is 0 Å². The summed E-state index contributed by atoms with van der Waals surface area (Å²) in [6.45, 7) is 0.333. The van der Waals surface area contributed by atoms with Crippen molar-refractivity contribution in [2.75, 3.05) is 27.9 Å². The first-order valence-corrected chi connectivity index (χ1v) is 14.2. The summed E-state index contributed by atoms with van der Waals surface area (Å²) >= 11 is 0. The third-order valence-electron chi connectivity index (χ3n) is 8.48. The number of imide groups is 1. The summed E-state index contributed by atoms with van der Waals surface area (Å²) in [7, 11) is 16.8. The Balaban J connectivity index is 1.32. The zero-order chi connectivity index (χ0) is 30.2. The van der Waals surface area contributed by atoms with E-state index < -0.39 is 5.92 Å². The van der Waals surface area contributed by atoms with E-state index in [1.54, 1.807) is 21.3 Å². The molecule has 3 heterocycles. The smallest absolute Gasteiger partial charge is 0.230 e. The first-order chi connectivity index (χ1) is 20.8. The van der Waals surface area contributed by atoms with Crippen LogP contribution in [0.3, 0.4) is 0 Å². The lowest BCUT2D eigenvalue weighted by atomic mass is 9.84. The number of H-pyrrole nitrogens is 2. The van der Waals surface area contributed by atoms with E-state index in [4.69, 9.17) is 29.9 Å². The van der Waals surface area contributed by atoms with Crippen LogP contribution in [-0.4, -0.2) is 70.2 Å². The maximum Gasteiger partial charge on any atom is 0.230 e. The fourth-order valence-electron chi connectivity index (χ4n) is 6.30. The molecule has 1 fully saturated rings. The molecule has 8 nitrogen and oxygen atoms in total. The van der Waals surface area contributed by atoms with Crippen molar-refractivity contribution in [1.29, 1.82) is 0 Å². The summed E-state index contributed by atoms with van der Waals surface area (Å²) in [4.78, 5) is 35.4. The third-order valence-corrected chi connectivity index (χ3v) is 8.48. The number of nitrogens with zero attached hydrogens (tertiary/aromatic N) is 1. The number of carbonyl (C=O) groups is 2. The molecule has 2 N–H and O–H groups in total. The van der Waals surface area contributed by atoms with Crippen LogP contribution in [0.1, 0.15) is 47.8 Å². The van der Waals surface area contributed by atoms with Crippen LogP contribution >= 0.6 is 0 Å². The van der Waals surface area contributed by atoms with Crippen molar-refractivity contribution in [3.63, 3.8) is 0 Å². The van der Waals surface area contributed by atoms with Gasteiger partial charge in [0.05, 0.1) is 21.3 Å². The molecule has 214 valence electrons. The average Bonchev–Trinajstić information content (AvgIpc) is 3.62. The standard InChI is InChI=1S/C33H31B2N3O5/c1-41-29-10-19(11-30(42-2)33(29)43-3)22(26-17-37-28-7-5-21(35)14-24(26)28)15-32(40)38-9-8-18(12-31(38)39)25-16-36-27-6-4-20(34)13-23(25)27/h4-7,10-11,13-14,16-18,22,36-37H,8-9,12,15H2,1-3H3. The third kappa shape index (κ3) is 5.26. The molecule has 1 aliphatic rings. The van der Waals surface area contributed by atoms with E-state index in [-0.39, 0.29) is 30.6 Å². The molecule has 2 atom stereocenters. The maximum atomic E-state index is 13.9. The van der Waals surface area contributed by atoms with Crippen LogP contribution in [0.25, 0.3) is 21.8 Å². The Kier molecular flexibility index (Phi) is 7.69. The average molecular weight is 571 g/mol. The number of amides is 2. The Morgan fingerprint density at radius 3 is 2.16 bits per heavy atom. The van der Waals surface area contributed by atoms with Crippen LogP contribution < -0.4 is 25.1 Å². The number of benzene rings is 3. The van der Waals surface area contributed by atoms with Crippen molar-refractivity contribution >= 4 is 60.2 Å². The number of aromatic amines is 2. The summed E-state index contributed by atoms with van der Waals surface area (Å²) in [6.07, 6.45) is 4.80. The van der Waals surface area contributed by atoms with Gasteiger partial charge in [0.15, 0.2) is 11.5 Å². The normalized spacial score (nSPS) is 16.0. The number of ether oxygens (including phenoxy) is 3. The fourth-order valence-corrected chi connectivity index (χ4v) is 6.30. The molecule has 0 spiro atoms. The zero-order valence-corrected chi connectivity index (χ0v) is 24.4. The number of piperidine rings is 1. The Hall–Kier alpha value is -4.59. The molecule has 5 aromatic rings. The maximum absolute atomic E-state index is 13.9. The molecule has 2 unspecified atom stereocenters. The monoisotopic (exact) mass is 571 g/mol. The molecule has 4 radical (unpaired) electrons. The van der Waals surface area contributed by atoms with E-state index in [1.165, 1.54) is 4.90 Å². The van der Waals surface area contributed by atoms with Gasteiger partial charge in [0.25, 0.3) is 0 Å². The second-order valence-electron chi connectivity index (χ2n) is 10.9. The highest BCUT2D eigenvalue weighted by Gasteiger charge is 2.34. The second-order valence-corrected chi connectivity index (χ2v) is 10.9. The molecule has 0 saturated carbocycles. The molecule has 0 aliphatic carbocycles. The summed E-state index contributed by atoms with van der Waals surface area (Å²) in [5.74, 6) is 0.538. The minimum atomic E-state index is -0.432. The van der Waals surface area contributed by atoms with E-state index in [2.05, 4.69) is 9.97 Å². The van der Waals surface area contributed by atoms with E-state index in [9.17, 15) is 9.59 Å². The van der Waals surface area contributed by atoms with Crippen molar-refractivity contribution < 1.29 is 23.8 Å². The number of likely N-dealkylation sites (tertiary alicyclic amines) is 1. The van der Waals surface area contributed by atoms with Crippen LogP contribution in [-0.2, 0) is 9.59 Å². The van der Waals surface area contributed by atoms with E-state index >= 15 is 0 Å². The summed E-state index contributed by atoms with van der Waals surface area (Å²) in [5.41, 5.74) is 5.86. The van der Waals surface area contributed by atoms with Crippen LogP contribution in [0.2, 0.25) is 0 Å². The van der Waals surface area contributed by atoms with Gasteiger partial charge in [0.1, 0.15) is 15.7 Å². The van der Waals surface area contributed by atoms with Gasteiger partial charge in [-0.3, -0.25) is 14.5 Å². The van der Waals surface area contributed by atoms with Crippen molar-refractivity contribution in [3.05, 3.63) is 77.6 Å². The first kappa shape index (κ1) is 28.5. The second kappa shape index (κ2) is 11.6. The topological polar surface area (TPSA) is 96.7 Å². The predicted octanol–water partition coefficient (Wildman–Crippen LogP) is 3.72. The van der Waals surface area contributed by atoms with Gasteiger partial charge < -0.3 is 24.2 Å². The van der Waals surface area contributed by atoms with Gasteiger partial charge in [-0.15, -0.1) is 0 Å². The lowest BCUT2D eigenvalue weighted by Gasteiger charge is -2.31.